The molecule has 124 valence electrons. The van der Waals surface area contributed by atoms with Crippen LogP contribution in [0, 0.1) is 6.92 Å². The minimum absolute atomic E-state index is 0.132. The zero-order valence-corrected chi connectivity index (χ0v) is 14.4. The quantitative estimate of drug-likeness (QED) is 0.889. The van der Waals surface area contributed by atoms with Gasteiger partial charge in [-0.05, 0) is 25.5 Å². The third-order valence-electron chi connectivity index (χ3n) is 3.65. The summed E-state index contributed by atoms with van der Waals surface area (Å²) < 4.78 is 7.85. The summed E-state index contributed by atoms with van der Waals surface area (Å²) in [4.78, 5) is 12.2. The molecule has 0 fully saturated rings. The average molecular weight is 316 g/mol. The number of aromatic nitrogens is 3. The Labute approximate surface area is 136 Å². The highest BCUT2D eigenvalue weighted by Crippen LogP contribution is 2.24. The van der Waals surface area contributed by atoms with Crippen molar-refractivity contribution in [2.24, 2.45) is 7.05 Å². The predicted molar refractivity (Wildman–Crippen MR) is 88.6 cm³/mol. The highest BCUT2D eigenvalue weighted by atomic mass is 16.5. The average Bonchev–Trinajstić information content (AvgIpc) is 2.87. The van der Waals surface area contributed by atoms with E-state index in [0.29, 0.717) is 23.8 Å². The monoisotopic (exact) mass is 316 g/mol. The minimum atomic E-state index is -0.132. The van der Waals surface area contributed by atoms with Crippen molar-refractivity contribution in [2.75, 3.05) is 6.54 Å². The van der Waals surface area contributed by atoms with Crippen molar-refractivity contribution in [1.29, 1.82) is 0 Å². The van der Waals surface area contributed by atoms with Crippen LogP contribution in [0.3, 0.4) is 0 Å². The van der Waals surface area contributed by atoms with Gasteiger partial charge in [0.05, 0.1) is 5.56 Å². The molecule has 0 aliphatic heterocycles. The van der Waals surface area contributed by atoms with Crippen molar-refractivity contribution < 1.29 is 9.53 Å². The maximum atomic E-state index is 12.2. The van der Waals surface area contributed by atoms with Gasteiger partial charge in [-0.1, -0.05) is 26.0 Å². The number of para-hydroxylation sites is 1. The second kappa shape index (κ2) is 7.26. The van der Waals surface area contributed by atoms with Gasteiger partial charge in [0.2, 0.25) is 0 Å². The number of aryl methyl sites for hydroxylation is 1. The molecule has 0 aliphatic carbocycles. The van der Waals surface area contributed by atoms with Gasteiger partial charge in [-0.3, -0.25) is 4.79 Å². The Hall–Kier alpha value is -2.37. The van der Waals surface area contributed by atoms with Gasteiger partial charge in [-0.15, -0.1) is 10.2 Å². The summed E-state index contributed by atoms with van der Waals surface area (Å²) in [5.41, 5.74) is 1.46. The maximum absolute atomic E-state index is 12.2. The Morgan fingerprint density at radius 1 is 1.35 bits per heavy atom. The molecule has 0 saturated carbocycles. The number of ether oxygens (including phenoxy) is 1. The molecule has 0 unspecified atom stereocenters. The van der Waals surface area contributed by atoms with Gasteiger partial charge in [-0.2, -0.15) is 0 Å². The molecular formula is C17H24N4O2. The number of carbonyl (C=O) groups is 1. The first-order valence-corrected chi connectivity index (χ1v) is 7.84. The summed E-state index contributed by atoms with van der Waals surface area (Å²) in [6.45, 7) is 8.81. The molecule has 0 atom stereocenters. The fourth-order valence-corrected chi connectivity index (χ4v) is 2.42. The molecule has 1 amide bonds. The van der Waals surface area contributed by atoms with E-state index in [1.165, 1.54) is 0 Å². The molecule has 1 heterocycles. The van der Waals surface area contributed by atoms with Crippen molar-refractivity contribution in [2.45, 2.75) is 40.2 Å². The van der Waals surface area contributed by atoms with Crippen molar-refractivity contribution in [1.82, 2.24) is 20.1 Å². The molecular weight excluding hydrogens is 292 g/mol. The summed E-state index contributed by atoms with van der Waals surface area (Å²) in [5, 5.41) is 11.2. The molecule has 1 aromatic heterocycles. The van der Waals surface area contributed by atoms with Gasteiger partial charge in [0, 0.05) is 19.5 Å². The third kappa shape index (κ3) is 3.70. The second-order valence-electron chi connectivity index (χ2n) is 5.79. The van der Waals surface area contributed by atoms with Crippen LogP contribution in [-0.2, 0) is 13.7 Å². The molecule has 2 aromatic rings. The number of rotatable bonds is 6. The van der Waals surface area contributed by atoms with Crippen LogP contribution in [0.1, 0.15) is 54.3 Å². The van der Waals surface area contributed by atoms with Crippen molar-refractivity contribution in [3.63, 3.8) is 0 Å². The SMILES string of the molecule is CCNC(=O)c1cccc(C)c1OCc1nnc(C(C)C)n1C. The molecule has 0 bridgehead atoms. The van der Waals surface area contributed by atoms with Crippen LogP contribution in [0.15, 0.2) is 18.2 Å². The smallest absolute Gasteiger partial charge is 0.255 e. The predicted octanol–water partition coefficient (Wildman–Crippen LogP) is 2.58. The molecule has 0 saturated heterocycles. The first-order valence-electron chi connectivity index (χ1n) is 7.84. The van der Waals surface area contributed by atoms with Crippen molar-refractivity contribution in [3.05, 3.63) is 41.0 Å². The summed E-state index contributed by atoms with van der Waals surface area (Å²) in [7, 11) is 1.93. The molecule has 6 heteroatoms. The van der Waals surface area contributed by atoms with E-state index < -0.39 is 0 Å². The molecule has 23 heavy (non-hydrogen) atoms. The number of amides is 1. The Morgan fingerprint density at radius 2 is 2.09 bits per heavy atom. The number of hydrogen-bond acceptors (Lipinski definition) is 4. The van der Waals surface area contributed by atoms with Crippen molar-refractivity contribution >= 4 is 5.91 Å². The highest BCUT2D eigenvalue weighted by Gasteiger charge is 2.16. The summed E-state index contributed by atoms with van der Waals surface area (Å²) in [6.07, 6.45) is 0. The molecule has 1 N–H and O–H groups in total. The van der Waals surface area contributed by atoms with Gasteiger partial charge < -0.3 is 14.6 Å². The zero-order chi connectivity index (χ0) is 17.0. The number of benzene rings is 1. The fourth-order valence-electron chi connectivity index (χ4n) is 2.42. The largest absolute Gasteiger partial charge is 0.484 e. The van der Waals surface area contributed by atoms with E-state index in [9.17, 15) is 4.79 Å². The van der Waals surface area contributed by atoms with Gasteiger partial charge in [-0.25, -0.2) is 0 Å². The van der Waals surface area contributed by atoms with Gasteiger partial charge in [0.25, 0.3) is 5.91 Å². The Kier molecular flexibility index (Phi) is 5.36. The molecule has 0 aliphatic rings. The van der Waals surface area contributed by atoms with Crippen LogP contribution >= 0.6 is 0 Å². The van der Waals surface area contributed by atoms with Crippen LogP contribution in [-0.4, -0.2) is 27.2 Å². The van der Waals surface area contributed by atoms with E-state index >= 15 is 0 Å². The Morgan fingerprint density at radius 3 is 2.70 bits per heavy atom. The van der Waals surface area contributed by atoms with Gasteiger partial charge >= 0.3 is 0 Å². The lowest BCUT2D eigenvalue weighted by Gasteiger charge is -2.14. The second-order valence-corrected chi connectivity index (χ2v) is 5.79. The first-order chi connectivity index (χ1) is 11.0. The zero-order valence-electron chi connectivity index (χ0n) is 14.4. The van der Waals surface area contributed by atoms with E-state index in [0.717, 1.165) is 17.2 Å². The molecule has 1 aromatic carbocycles. The first kappa shape index (κ1) is 17.0. The summed E-state index contributed by atoms with van der Waals surface area (Å²) in [5.74, 6) is 2.40. The van der Waals surface area contributed by atoms with E-state index in [2.05, 4.69) is 29.4 Å². The lowest BCUT2D eigenvalue weighted by atomic mass is 10.1. The van der Waals surface area contributed by atoms with Crippen LogP contribution in [0.2, 0.25) is 0 Å². The third-order valence-corrected chi connectivity index (χ3v) is 3.65. The van der Waals surface area contributed by atoms with Gasteiger partial charge in [0.1, 0.15) is 18.2 Å². The topological polar surface area (TPSA) is 69.0 Å². The minimum Gasteiger partial charge on any atom is -0.484 e. The lowest BCUT2D eigenvalue weighted by Crippen LogP contribution is -2.23. The highest BCUT2D eigenvalue weighted by molar-refractivity contribution is 5.97. The fraction of sp³-hybridized carbons (Fsp3) is 0.471. The molecule has 0 radical (unpaired) electrons. The van der Waals surface area contributed by atoms with Crippen molar-refractivity contribution in [3.8, 4) is 5.75 Å². The normalized spacial score (nSPS) is 10.9. The standard InChI is InChI=1S/C17H24N4O2/c1-6-18-17(22)13-9-7-8-12(4)15(13)23-10-14-19-20-16(11(2)3)21(14)5/h7-9,11H,6,10H2,1-5H3,(H,18,22). The number of carbonyl (C=O) groups excluding carboxylic acids is 1. The molecule has 2 rings (SSSR count). The molecule has 0 spiro atoms. The Balaban J connectivity index is 2.22. The van der Waals surface area contributed by atoms with Gasteiger partial charge in [0.15, 0.2) is 5.82 Å². The maximum Gasteiger partial charge on any atom is 0.255 e. The van der Waals surface area contributed by atoms with Crippen LogP contribution in [0.5, 0.6) is 5.75 Å². The number of nitrogens with one attached hydrogen (secondary N) is 1. The van der Waals surface area contributed by atoms with E-state index in [1.807, 2.05) is 37.6 Å². The van der Waals surface area contributed by atoms with Crippen LogP contribution in [0.4, 0.5) is 0 Å². The van der Waals surface area contributed by atoms with Crippen LogP contribution < -0.4 is 10.1 Å². The lowest BCUT2D eigenvalue weighted by molar-refractivity contribution is 0.0951. The molecule has 6 nitrogen and oxygen atoms in total. The number of nitrogens with zero attached hydrogens (tertiary/aromatic N) is 3. The van der Waals surface area contributed by atoms with Crippen LogP contribution in [0.25, 0.3) is 0 Å². The summed E-state index contributed by atoms with van der Waals surface area (Å²) >= 11 is 0. The Bertz CT molecular complexity index is 692. The summed E-state index contributed by atoms with van der Waals surface area (Å²) in [6, 6.07) is 5.55. The van der Waals surface area contributed by atoms with E-state index in [-0.39, 0.29) is 12.5 Å². The van der Waals surface area contributed by atoms with E-state index in [1.54, 1.807) is 6.07 Å². The number of hydrogen-bond donors (Lipinski definition) is 1. The van der Waals surface area contributed by atoms with E-state index in [4.69, 9.17) is 4.74 Å².